The van der Waals surface area contributed by atoms with Gasteiger partial charge < -0.3 is 18.9 Å². The van der Waals surface area contributed by atoms with Crippen molar-refractivity contribution in [3.05, 3.63) is 29.9 Å². The number of amides is 1. The second-order valence-electron chi connectivity index (χ2n) is 7.98. The van der Waals surface area contributed by atoms with Gasteiger partial charge in [0.05, 0.1) is 7.11 Å². The van der Waals surface area contributed by atoms with Gasteiger partial charge in [-0.15, -0.1) is 0 Å². The lowest BCUT2D eigenvalue weighted by molar-refractivity contribution is 0.0182. The van der Waals surface area contributed by atoms with Gasteiger partial charge in [0.15, 0.2) is 11.6 Å². The lowest BCUT2D eigenvalue weighted by Gasteiger charge is -2.33. The molecule has 1 fully saturated rings. The molecule has 0 atom stereocenters. The standard InChI is InChI=1S/C20H26FN3O4/c1-20(2,3)27-19(25)24-9-7-13(8-10-24)11-17-22-18(23-28-17)14-5-6-16(26-4)15(21)12-14/h5-6,12-13H,7-11H2,1-4H3. The molecular formula is C20H26FN3O4. The second kappa shape index (κ2) is 8.16. The Bertz CT molecular complexity index is 823. The van der Waals surface area contributed by atoms with Gasteiger partial charge in [-0.3, -0.25) is 0 Å². The van der Waals surface area contributed by atoms with Crippen LogP contribution in [0.15, 0.2) is 22.7 Å². The van der Waals surface area contributed by atoms with Crippen molar-refractivity contribution >= 4 is 6.09 Å². The van der Waals surface area contributed by atoms with E-state index in [0.717, 1.165) is 12.8 Å². The molecule has 1 saturated heterocycles. The Morgan fingerprint density at radius 1 is 1.32 bits per heavy atom. The maximum absolute atomic E-state index is 13.9. The fourth-order valence-corrected chi connectivity index (χ4v) is 3.15. The number of rotatable bonds is 4. The Kier molecular flexibility index (Phi) is 5.86. The van der Waals surface area contributed by atoms with Gasteiger partial charge in [0.1, 0.15) is 5.60 Å². The summed E-state index contributed by atoms with van der Waals surface area (Å²) in [6.07, 6.45) is 2.04. The number of halogens is 1. The van der Waals surface area contributed by atoms with Crippen LogP contribution in [0, 0.1) is 11.7 Å². The molecular weight excluding hydrogens is 365 g/mol. The summed E-state index contributed by atoms with van der Waals surface area (Å²) in [5.74, 6) is 0.911. The van der Waals surface area contributed by atoms with E-state index in [9.17, 15) is 9.18 Å². The molecule has 152 valence electrons. The van der Waals surface area contributed by atoms with Gasteiger partial charge >= 0.3 is 6.09 Å². The summed E-state index contributed by atoms with van der Waals surface area (Å²) in [4.78, 5) is 18.3. The minimum absolute atomic E-state index is 0.171. The number of carbonyl (C=O) groups is 1. The molecule has 28 heavy (non-hydrogen) atoms. The van der Waals surface area contributed by atoms with Crippen molar-refractivity contribution in [2.45, 2.75) is 45.6 Å². The van der Waals surface area contributed by atoms with Crippen LogP contribution >= 0.6 is 0 Å². The lowest BCUT2D eigenvalue weighted by atomic mass is 9.94. The molecule has 1 aromatic carbocycles. The summed E-state index contributed by atoms with van der Waals surface area (Å²) in [5, 5.41) is 3.95. The van der Waals surface area contributed by atoms with E-state index in [0.29, 0.717) is 42.7 Å². The number of aromatic nitrogens is 2. The molecule has 0 radical (unpaired) electrons. The lowest BCUT2D eigenvalue weighted by Crippen LogP contribution is -2.42. The van der Waals surface area contributed by atoms with Crippen molar-refractivity contribution in [3.8, 4) is 17.1 Å². The van der Waals surface area contributed by atoms with Crippen LogP contribution in [0.1, 0.15) is 39.5 Å². The van der Waals surface area contributed by atoms with E-state index in [1.165, 1.54) is 19.2 Å². The highest BCUT2D eigenvalue weighted by molar-refractivity contribution is 5.68. The highest BCUT2D eigenvalue weighted by atomic mass is 19.1. The molecule has 2 aromatic rings. The van der Waals surface area contributed by atoms with Crippen LogP contribution in [-0.2, 0) is 11.2 Å². The van der Waals surface area contributed by atoms with Crippen LogP contribution in [0.4, 0.5) is 9.18 Å². The van der Waals surface area contributed by atoms with Crippen molar-refractivity contribution in [3.63, 3.8) is 0 Å². The van der Waals surface area contributed by atoms with Crippen LogP contribution in [0.5, 0.6) is 5.75 Å². The van der Waals surface area contributed by atoms with Gasteiger partial charge in [-0.05, 0) is 57.7 Å². The van der Waals surface area contributed by atoms with E-state index < -0.39 is 11.4 Å². The molecule has 0 spiro atoms. The highest BCUT2D eigenvalue weighted by Crippen LogP contribution is 2.26. The van der Waals surface area contributed by atoms with Crippen LogP contribution in [0.25, 0.3) is 11.4 Å². The Labute approximate surface area is 163 Å². The third kappa shape index (κ3) is 4.99. The summed E-state index contributed by atoms with van der Waals surface area (Å²) in [7, 11) is 1.42. The summed E-state index contributed by atoms with van der Waals surface area (Å²) >= 11 is 0. The predicted octanol–water partition coefficient (Wildman–Crippen LogP) is 4.07. The molecule has 1 aliphatic rings. The van der Waals surface area contributed by atoms with Crippen molar-refractivity contribution in [2.75, 3.05) is 20.2 Å². The molecule has 0 aliphatic carbocycles. The number of carbonyl (C=O) groups excluding carboxylic acids is 1. The van der Waals surface area contributed by atoms with Gasteiger partial charge in [0.25, 0.3) is 0 Å². The Morgan fingerprint density at radius 2 is 2.04 bits per heavy atom. The normalized spacial score (nSPS) is 15.5. The van der Waals surface area contributed by atoms with Crippen molar-refractivity contribution in [1.29, 1.82) is 0 Å². The topological polar surface area (TPSA) is 77.7 Å². The number of piperidine rings is 1. The average Bonchev–Trinajstić information content (AvgIpc) is 3.09. The summed E-state index contributed by atoms with van der Waals surface area (Å²) in [5.41, 5.74) is 0.0442. The smallest absolute Gasteiger partial charge is 0.410 e. The van der Waals surface area contributed by atoms with E-state index in [1.54, 1.807) is 11.0 Å². The van der Waals surface area contributed by atoms with Gasteiger partial charge in [0.2, 0.25) is 11.7 Å². The molecule has 3 rings (SSSR count). The zero-order chi connectivity index (χ0) is 20.3. The first-order valence-corrected chi connectivity index (χ1v) is 9.39. The van der Waals surface area contributed by atoms with Crippen LogP contribution in [0.3, 0.4) is 0 Å². The summed E-state index contributed by atoms with van der Waals surface area (Å²) in [6, 6.07) is 4.55. The number of methoxy groups -OCH3 is 1. The predicted molar refractivity (Wildman–Crippen MR) is 100 cm³/mol. The van der Waals surface area contributed by atoms with Crippen LogP contribution < -0.4 is 4.74 Å². The monoisotopic (exact) mass is 391 g/mol. The first-order chi connectivity index (χ1) is 13.2. The number of likely N-dealkylation sites (tertiary alicyclic amines) is 1. The summed E-state index contributed by atoms with van der Waals surface area (Å²) in [6.45, 7) is 6.87. The SMILES string of the molecule is COc1ccc(-c2noc(CC3CCN(C(=O)OC(C)(C)C)CC3)n2)cc1F. The number of hydrogen-bond donors (Lipinski definition) is 0. The zero-order valence-electron chi connectivity index (χ0n) is 16.7. The molecule has 8 heteroatoms. The van der Waals surface area contributed by atoms with E-state index in [1.807, 2.05) is 20.8 Å². The van der Waals surface area contributed by atoms with E-state index >= 15 is 0 Å². The van der Waals surface area contributed by atoms with Crippen molar-refractivity contribution < 1.29 is 23.2 Å². The molecule has 0 N–H and O–H groups in total. The Morgan fingerprint density at radius 3 is 2.64 bits per heavy atom. The second-order valence-corrected chi connectivity index (χ2v) is 7.98. The first-order valence-electron chi connectivity index (χ1n) is 9.39. The molecule has 1 aromatic heterocycles. The van der Waals surface area contributed by atoms with Crippen molar-refractivity contribution in [1.82, 2.24) is 15.0 Å². The van der Waals surface area contributed by atoms with Gasteiger partial charge in [0, 0.05) is 25.1 Å². The molecule has 0 saturated carbocycles. The maximum atomic E-state index is 13.9. The van der Waals surface area contributed by atoms with E-state index in [4.69, 9.17) is 14.0 Å². The van der Waals surface area contributed by atoms with Crippen molar-refractivity contribution in [2.24, 2.45) is 5.92 Å². The third-order valence-corrected chi connectivity index (χ3v) is 4.61. The molecule has 1 aliphatic heterocycles. The van der Waals surface area contributed by atoms with Crippen LogP contribution in [0.2, 0.25) is 0 Å². The number of ether oxygens (including phenoxy) is 2. The largest absolute Gasteiger partial charge is 0.494 e. The molecule has 0 bridgehead atoms. The number of nitrogens with zero attached hydrogens (tertiary/aromatic N) is 3. The highest BCUT2D eigenvalue weighted by Gasteiger charge is 2.28. The Hall–Kier alpha value is -2.64. The minimum Gasteiger partial charge on any atom is -0.494 e. The van der Waals surface area contributed by atoms with Crippen LogP contribution in [-0.4, -0.2) is 46.9 Å². The maximum Gasteiger partial charge on any atom is 0.410 e. The molecule has 1 amide bonds. The van der Waals surface area contributed by atoms with Gasteiger partial charge in [-0.2, -0.15) is 4.98 Å². The first kappa shape index (κ1) is 20.1. The van der Waals surface area contributed by atoms with E-state index in [2.05, 4.69) is 10.1 Å². The fourth-order valence-electron chi connectivity index (χ4n) is 3.15. The van der Waals surface area contributed by atoms with Gasteiger partial charge in [-0.1, -0.05) is 5.16 Å². The van der Waals surface area contributed by atoms with E-state index in [-0.39, 0.29) is 11.8 Å². The summed E-state index contributed by atoms with van der Waals surface area (Å²) < 4.78 is 29.5. The molecule has 0 unspecified atom stereocenters. The number of hydrogen-bond acceptors (Lipinski definition) is 6. The number of benzene rings is 1. The molecule has 2 heterocycles. The average molecular weight is 391 g/mol. The van der Waals surface area contributed by atoms with Gasteiger partial charge in [-0.25, -0.2) is 9.18 Å². The fraction of sp³-hybridized carbons (Fsp3) is 0.550. The molecule has 7 nitrogen and oxygen atoms in total. The third-order valence-electron chi connectivity index (χ3n) is 4.61. The minimum atomic E-state index is -0.491. The quantitative estimate of drug-likeness (QED) is 0.782. The Balaban J connectivity index is 1.55. The zero-order valence-corrected chi connectivity index (χ0v) is 16.7.